The number of hydrogen-bond acceptors (Lipinski definition) is 3. The Kier molecular flexibility index (Phi) is 6.04. The number of carbonyl (C=O) groups excluding carboxylic acids is 1. The zero-order valence-electron chi connectivity index (χ0n) is 18.9. The van der Waals surface area contributed by atoms with Crippen molar-refractivity contribution >= 4 is 38.4 Å². The maximum Gasteiger partial charge on any atom is 0.253 e. The second-order valence-corrected chi connectivity index (χ2v) is 9.48. The number of benzene rings is 1. The van der Waals surface area contributed by atoms with Gasteiger partial charge in [-0.15, -0.1) is 0 Å². The zero-order chi connectivity index (χ0) is 22.3. The van der Waals surface area contributed by atoms with Crippen molar-refractivity contribution in [2.24, 2.45) is 7.05 Å². The minimum absolute atomic E-state index is 0.0534. The van der Waals surface area contributed by atoms with E-state index in [-0.39, 0.29) is 5.91 Å². The third-order valence-electron chi connectivity index (χ3n) is 6.16. The second-order valence-electron chi connectivity index (χ2n) is 8.62. The average molecular weight is 481 g/mol. The smallest absolute Gasteiger partial charge is 0.253 e. The second kappa shape index (κ2) is 8.60. The summed E-state index contributed by atoms with van der Waals surface area (Å²) in [5.41, 5.74) is 8.08. The number of aryl methyl sites for hydroxylation is 3. The first kappa shape index (κ1) is 21.8. The monoisotopic (exact) mass is 480 g/mol. The molecule has 0 radical (unpaired) electrons. The molecule has 0 spiro atoms. The van der Waals surface area contributed by atoms with Crippen LogP contribution in [0.4, 0.5) is 0 Å². The molecule has 0 saturated carbocycles. The highest BCUT2D eigenvalue weighted by Gasteiger charge is 2.20. The molecule has 0 saturated heterocycles. The molecular weight excluding hydrogens is 452 g/mol. The quantitative estimate of drug-likeness (QED) is 0.530. The van der Waals surface area contributed by atoms with Crippen LogP contribution in [0.2, 0.25) is 0 Å². The summed E-state index contributed by atoms with van der Waals surface area (Å²) in [5.74, 6) is 0.0534. The lowest BCUT2D eigenvalue weighted by molar-refractivity contribution is 0.0827. The fourth-order valence-corrected chi connectivity index (χ4v) is 4.96. The van der Waals surface area contributed by atoms with E-state index in [2.05, 4.69) is 63.4 Å². The van der Waals surface area contributed by atoms with Gasteiger partial charge in [0.2, 0.25) is 0 Å². The molecule has 3 aromatic rings. The van der Waals surface area contributed by atoms with E-state index >= 15 is 0 Å². The maximum absolute atomic E-state index is 12.4. The van der Waals surface area contributed by atoms with Gasteiger partial charge in [-0.1, -0.05) is 6.08 Å². The van der Waals surface area contributed by atoms with Gasteiger partial charge in [0.1, 0.15) is 5.65 Å². The molecule has 0 fully saturated rings. The first-order valence-electron chi connectivity index (χ1n) is 10.6. The molecule has 1 aromatic carbocycles. The van der Waals surface area contributed by atoms with Crippen LogP contribution < -0.4 is 0 Å². The van der Waals surface area contributed by atoms with Gasteiger partial charge in [-0.2, -0.15) is 0 Å². The summed E-state index contributed by atoms with van der Waals surface area (Å²) < 4.78 is 3.27. The van der Waals surface area contributed by atoms with E-state index in [0.29, 0.717) is 0 Å². The van der Waals surface area contributed by atoms with Crippen LogP contribution >= 0.6 is 15.9 Å². The molecule has 0 aliphatic carbocycles. The number of aromatic nitrogens is 2. The van der Waals surface area contributed by atoms with Crippen molar-refractivity contribution in [2.75, 3.05) is 27.2 Å². The number of rotatable bonds is 4. The largest absolute Gasteiger partial charge is 0.345 e. The molecule has 0 unspecified atom stereocenters. The van der Waals surface area contributed by atoms with Crippen LogP contribution in [0.5, 0.6) is 0 Å². The summed E-state index contributed by atoms with van der Waals surface area (Å²) in [4.78, 5) is 21.0. The first-order valence-corrected chi connectivity index (χ1v) is 11.4. The summed E-state index contributed by atoms with van der Waals surface area (Å²) >= 11 is 3.64. The molecule has 0 bridgehead atoms. The average Bonchev–Trinajstić information content (AvgIpc) is 3.05. The molecule has 5 nitrogen and oxygen atoms in total. The van der Waals surface area contributed by atoms with Crippen LogP contribution in [-0.4, -0.2) is 52.4 Å². The first-order chi connectivity index (χ1) is 14.8. The lowest BCUT2D eigenvalue weighted by Gasteiger charge is -2.28. The Morgan fingerprint density at radius 3 is 2.48 bits per heavy atom. The lowest BCUT2D eigenvalue weighted by atomic mass is 9.90. The normalized spacial score (nSPS) is 14.7. The van der Waals surface area contributed by atoms with E-state index in [0.717, 1.165) is 47.1 Å². The Bertz CT molecular complexity index is 1170. The van der Waals surface area contributed by atoms with Gasteiger partial charge in [0.15, 0.2) is 0 Å². The lowest BCUT2D eigenvalue weighted by Crippen LogP contribution is -2.29. The van der Waals surface area contributed by atoms with E-state index in [4.69, 9.17) is 0 Å². The van der Waals surface area contributed by atoms with Crippen molar-refractivity contribution < 1.29 is 4.79 Å². The van der Waals surface area contributed by atoms with Crippen molar-refractivity contribution in [3.8, 4) is 0 Å². The molecule has 6 heteroatoms. The highest BCUT2D eigenvalue weighted by Crippen LogP contribution is 2.31. The van der Waals surface area contributed by atoms with E-state index in [1.54, 1.807) is 19.0 Å². The Morgan fingerprint density at radius 1 is 1.19 bits per heavy atom. The van der Waals surface area contributed by atoms with Gasteiger partial charge in [0.25, 0.3) is 5.91 Å². The Labute approximate surface area is 192 Å². The van der Waals surface area contributed by atoms with Gasteiger partial charge in [0, 0.05) is 68.1 Å². The van der Waals surface area contributed by atoms with Crippen LogP contribution in [0.1, 0.15) is 39.2 Å². The van der Waals surface area contributed by atoms with Crippen molar-refractivity contribution in [3.63, 3.8) is 0 Å². The van der Waals surface area contributed by atoms with E-state index in [1.165, 1.54) is 28.0 Å². The highest BCUT2D eigenvalue weighted by molar-refractivity contribution is 9.10. The van der Waals surface area contributed by atoms with Crippen molar-refractivity contribution in [1.29, 1.82) is 0 Å². The van der Waals surface area contributed by atoms with Crippen molar-refractivity contribution in [3.05, 3.63) is 69.0 Å². The third kappa shape index (κ3) is 4.19. The highest BCUT2D eigenvalue weighted by atomic mass is 79.9. The van der Waals surface area contributed by atoms with Crippen LogP contribution in [0, 0.1) is 13.8 Å². The van der Waals surface area contributed by atoms with Crippen molar-refractivity contribution in [2.45, 2.75) is 26.8 Å². The van der Waals surface area contributed by atoms with Crippen LogP contribution in [0.3, 0.4) is 0 Å². The molecule has 1 aliphatic heterocycles. The fourth-order valence-electron chi connectivity index (χ4n) is 4.55. The van der Waals surface area contributed by atoms with Gasteiger partial charge < -0.3 is 9.47 Å². The SMILES string of the molecule is Cc1cc(C(=O)N(C)C)cc(C)c1C1=CCN(Cc2cc3c(Br)ccnc3n2C)CC1. The Balaban J connectivity index is 1.53. The molecule has 0 atom stereocenters. The summed E-state index contributed by atoms with van der Waals surface area (Å²) in [6, 6.07) is 8.28. The van der Waals surface area contributed by atoms with Crippen LogP contribution in [-0.2, 0) is 13.6 Å². The molecule has 4 rings (SSSR count). The van der Waals surface area contributed by atoms with Crippen LogP contribution in [0.25, 0.3) is 16.6 Å². The number of fused-ring (bicyclic) bond motifs is 1. The number of halogens is 1. The summed E-state index contributed by atoms with van der Waals surface area (Å²) in [5, 5.41) is 1.16. The molecule has 3 heterocycles. The van der Waals surface area contributed by atoms with Gasteiger partial charge in [0.05, 0.1) is 0 Å². The molecular formula is C25H29BrN4O. The van der Waals surface area contributed by atoms with Crippen molar-refractivity contribution in [1.82, 2.24) is 19.4 Å². The molecule has 1 amide bonds. The summed E-state index contributed by atoms with van der Waals surface area (Å²) in [6.07, 6.45) is 5.20. The predicted octanol–water partition coefficient (Wildman–Crippen LogP) is 4.94. The van der Waals surface area contributed by atoms with E-state index in [1.807, 2.05) is 24.4 Å². The summed E-state index contributed by atoms with van der Waals surface area (Å²) in [6.45, 7) is 7.06. The van der Waals surface area contributed by atoms with Gasteiger partial charge in [-0.25, -0.2) is 4.98 Å². The Hall–Kier alpha value is -2.44. The number of pyridine rings is 1. The fraction of sp³-hybridized carbons (Fsp3) is 0.360. The number of nitrogens with zero attached hydrogens (tertiary/aromatic N) is 4. The third-order valence-corrected chi connectivity index (χ3v) is 6.85. The van der Waals surface area contributed by atoms with Gasteiger partial charge in [-0.05, 0) is 82.7 Å². The molecule has 162 valence electrons. The molecule has 2 aromatic heterocycles. The molecule has 0 N–H and O–H groups in total. The van der Waals surface area contributed by atoms with Gasteiger partial charge in [-0.3, -0.25) is 9.69 Å². The van der Waals surface area contributed by atoms with E-state index in [9.17, 15) is 4.79 Å². The predicted molar refractivity (Wildman–Crippen MR) is 130 cm³/mol. The topological polar surface area (TPSA) is 41.4 Å². The van der Waals surface area contributed by atoms with Crippen LogP contribution in [0.15, 0.2) is 41.0 Å². The summed E-state index contributed by atoms with van der Waals surface area (Å²) in [7, 11) is 5.68. The van der Waals surface area contributed by atoms with Gasteiger partial charge >= 0.3 is 0 Å². The Morgan fingerprint density at radius 2 is 1.90 bits per heavy atom. The standard InChI is InChI=1S/C25H29BrN4O/c1-16-12-19(25(31)28(3)4)13-17(2)23(16)18-7-10-30(11-8-18)15-20-14-21-22(26)6-9-27-24(21)29(20)5/h6-7,9,12-14H,8,10-11,15H2,1-5H3. The maximum atomic E-state index is 12.4. The minimum Gasteiger partial charge on any atom is -0.345 e. The number of hydrogen-bond donors (Lipinski definition) is 0. The molecule has 31 heavy (non-hydrogen) atoms. The van der Waals surface area contributed by atoms with E-state index < -0.39 is 0 Å². The number of carbonyl (C=O) groups is 1. The minimum atomic E-state index is 0.0534. The number of amides is 1. The zero-order valence-corrected chi connectivity index (χ0v) is 20.5. The molecule has 1 aliphatic rings.